The highest BCUT2D eigenvalue weighted by atomic mass is 16.5. The van der Waals surface area contributed by atoms with Crippen molar-refractivity contribution >= 4 is 5.91 Å². The van der Waals surface area contributed by atoms with Crippen LogP contribution in [0.2, 0.25) is 0 Å². The molecule has 27 heavy (non-hydrogen) atoms. The first kappa shape index (κ1) is 17.4. The molecule has 0 spiro atoms. The van der Waals surface area contributed by atoms with E-state index in [0.717, 1.165) is 24.0 Å². The van der Waals surface area contributed by atoms with Crippen molar-refractivity contribution in [2.75, 3.05) is 6.61 Å². The molecule has 1 aliphatic carbocycles. The molecule has 1 amide bonds. The average molecular weight is 367 g/mol. The Hall–Kier alpha value is -3.00. The van der Waals surface area contributed by atoms with Crippen LogP contribution in [0.4, 0.5) is 0 Å². The van der Waals surface area contributed by atoms with Crippen LogP contribution in [0.3, 0.4) is 0 Å². The van der Waals surface area contributed by atoms with Crippen molar-refractivity contribution in [3.63, 3.8) is 0 Å². The maximum absolute atomic E-state index is 12.5. The summed E-state index contributed by atoms with van der Waals surface area (Å²) in [6.45, 7) is 1.79. The zero-order valence-corrected chi connectivity index (χ0v) is 15.2. The Morgan fingerprint density at radius 2 is 2.30 bits per heavy atom. The fourth-order valence-corrected chi connectivity index (χ4v) is 3.37. The Morgan fingerprint density at radius 1 is 1.44 bits per heavy atom. The van der Waals surface area contributed by atoms with Gasteiger partial charge in [-0.2, -0.15) is 10.1 Å². The van der Waals surface area contributed by atoms with Crippen molar-refractivity contribution in [2.45, 2.75) is 31.7 Å². The molecule has 2 aromatic heterocycles. The Balaban J connectivity index is 1.53. The van der Waals surface area contributed by atoms with E-state index in [2.05, 4.69) is 20.6 Å². The predicted molar refractivity (Wildman–Crippen MR) is 97.0 cm³/mol. The number of benzene rings is 1. The van der Waals surface area contributed by atoms with Crippen molar-refractivity contribution in [1.82, 2.24) is 25.2 Å². The Kier molecular flexibility index (Phi) is 4.49. The molecule has 0 bridgehead atoms. The quantitative estimate of drug-likeness (QED) is 0.714. The molecule has 2 atom stereocenters. The van der Waals surface area contributed by atoms with E-state index >= 15 is 0 Å². The number of carbonyl (C=O) groups is 1. The second-order valence-corrected chi connectivity index (χ2v) is 6.86. The average Bonchev–Trinajstić information content (AvgIpc) is 3.40. The minimum absolute atomic E-state index is 0.0216. The first-order valence-corrected chi connectivity index (χ1v) is 8.93. The molecule has 8 nitrogen and oxygen atoms in total. The fraction of sp³-hybridized carbons (Fsp3) is 0.368. The summed E-state index contributed by atoms with van der Waals surface area (Å²) >= 11 is 0. The smallest absolute Gasteiger partial charge is 0.270 e. The highest BCUT2D eigenvalue weighted by Crippen LogP contribution is 2.34. The summed E-state index contributed by atoms with van der Waals surface area (Å²) < 4.78 is 6.80. The molecule has 2 N–H and O–H groups in total. The van der Waals surface area contributed by atoms with Crippen molar-refractivity contribution in [3.05, 3.63) is 53.2 Å². The zero-order valence-electron chi connectivity index (χ0n) is 15.2. The number of hydrogen-bond acceptors (Lipinski definition) is 6. The van der Waals surface area contributed by atoms with Crippen LogP contribution in [0.5, 0.6) is 0 Å². The van der Waals surface area contributed by atoms with Crippen molar-refractivity contribution in [1.29, 1.82) is 0 Å². The molecular weight excluding hydrogens is 346 g/mol. The number of aryl methyl sites for hydroxylation is 2. The van der Waals surface area contributed by atoms with Gasteiger partial charge in [0.15, 0.2) is 0 Å². The molecule has 1 aliphatic rings. The van der Waals surface area contributed by atoms with Crippen LogP contribution in [0.1, 0.15) is 52.8 Å². The van der Waals surface area contributed by atoms with Crippen LogP contribution in [-0.2, 0) is 13.5 Å². The molecule has 8 heteroatoms. The summed E-state index contributed by atoms with van der Waals surface area (Å²) in [5.74, 6) is 0.620. The Labute approximate surface area is 156 Å². The summed E-state index contributed by atoms with van der Waals surface area (Å²) in [6, 6.07) is 7.68. The fourth-order valence-electron chi connectivity index (χ4n) is 3.37. The SMILES string of the molecule is C[C@@H](CO)c1nc(-c2ccc3c(c2)CC[C@H]3NC(=O)c2ccnn2C)no1. The van der Waals surface area contributed by atoms with Crippen LogP contribution in [-0.4, -0.2) is 37.5 Å². The summed E-state index contributed by atoms with van der Waals surface area (Å²) in [7, 11) is 1.75. The lowest BCUT2D eigenvalue weighted by molar-refractivity contribution is 0.0927. The van der Waals surface area contributed by atoms with E-state index in [0.29, 0.717) is 17.4 Å². The first-order valence-electron chi connectivity index (χ1n) is 8.93. The van der Waals surface area contributed by atoms with Crippen LogP contribution in [0, 0.1) is 0 Å². The lowest BCUT2D eigenvalue weighted by atomic mass is 10.0. The molecule has 3 aromatic rings. The molecular formula is C19H21N5O3. The van der Waals surface area contributed by atoms with Crippen LogP contribution in [0.25, 0.3) is 11.4 Å². The van der Waals surface area contributed by atoms with Gasteiger partial charge in [-0.15, -0.1) is 0 Å². The minimum atomic E-state index is -0.188. The van der Waals surface area contributed by atoms with Gasteiger partial charge >= 0.3 is 0 Å². The van der Waals surface area contributed by atoms with Gasteiger partial charge in [0.25, 0.3) is 5.91 Å². The van der Waals surface area contributed by atoms with E-state index in [9.17, 15) is 9.90 Å². The number of aliphatic hydroxyl groups excluding tert-OH is 1. The molecule has 140 valence electrons. The number of aliphatic hydroxyl groups is 1. The number of nitrogens with zero attached hydrogens (tertiary/aromatic N) is 4. The summed E-state index contributed by atoms with van der Waals surface area (Å²) in [5, 5.41) is 20.4. The van der Waals surface area contributed by atoms with Gasteiger partial charge in [0, 0.05) is 18.8 Å². The van der Waals surface area contributed by atoms with Crippen LogP contribution >= 0.6 is 0 Å². The Morgan fingerprint density at radius 3 is 3.04 bits per heavy atom. The number of fused-ring (bicyclic) bond motifs is 1. The van der Waals surface area contributed by atoms with Gasteiger partial charge in [-0.1, -0.05) is 24.2 Å². The van der Waals surface area contributed by atoms with Gasteiger partial charge in [0.1, 0.15) is 5.69 Å². The lowest BCUT2D eigenvalue weighted by Gasteiger charge is -2.14. The molecule has 0 unspecified atom stereocenters. The van der Waals surface area contributed by atoms with Gasteiger partial charge < -0.3 is 14.9 Å². The molecule has 0 fully saturated rings. The molecule has 0 saturated heterocycles. The van der Waals surface area contributed by atoms with E-state index in [1.54, 1.807) is 24.0 Å². The highest BCUT2D eigenvalue weighted by Gasteiger charge is 2.26. The highest BCUT2D eigenvalue weighted by molar-refractivity contribution is 5.92. The van der Waals surface area contributed by atoms with Crippen LogP contribution < -0.4 is 5.32 Å². The van der Waals surface area contributed by atoms with Gasteiger partial charge in [0.2, 0.25) is 11.7 Å². The third kappa shape index (κ3) is 3.23. The third-order valence-electron chi connectivity index (χ3n) is 4.97. The lowest BCUT2D eigenvalue weighted by Crippen LogP contribution is -2.28. The van der Waals surface area contributed by atoms with Crippen molar-refractivity contribution < 1.29 is 14.4 Å². The maximum Gasteiger partial charge on any atom is 0.270 e. The molecule has 0 aliphatic heterocycles. The number of amides is 1. The van der Waals surface area contributed by atoms with Crippen molar-refractivity contribution in [2.24, 2.45) is 7.05 Å². The largest absolute Gasteiger partial charge is 0.396 e. The van der Waals surface area contributed by atoms with E-state index in [-0.39, 0.29) is 24.5 Å². The Bertz CT molecular complexity index is 977. The van der Waals surface area contributed by atoms with E-state index in [1.807, 2.05) is 25.1 Å². The number of rotatable bonds is 5. The van der Waals surface area contributed by atoms with Crippen molar-refractivity contribution in [3.8, 4) is 11.4 Å². The van der Waals surface area contributed by atoms with Gasteiger partial charge in [-0.3, -0.25) is 9.48 Å². The standard InChI is InChI=1S/C19H21N5O3/c1-11(10-25)19-22-17(23-27-19)13-3-5-14-12(9-13)4-6-15(14)21-18(26)16-7-8-20-24(16)2/h3,5,7-9,11,15,25H,4,6,10H2,1-2H3,(H,21,26)/t11-,15+/m0/s1. The molecule has 4 rings (SSSR count). The summed E-state index contributed by atoms with van der Waals surface area (Å²) in [4.78, 5) is 16.8. The monoisotopic (exact) mass is 367 g/mol. The van der Waals surface area contributed by atoms with Gasteiger partial charge in [-0.05, 0) is 36.1 Å². The zero-order chi connectivity index (χ0) is 19.0. The summed E-state index contributed by atoms with van der Waals surface area (Å²) in [5.41, 5.74) is 3.69. The second-order valence-electron chi connectivity index (χ2n) is 6.86. The number of nitrogens with one attached hydrogen (secondary N) is 1. The van der Waals surface area contributed by atoms with Crippen LogP contribution in [0.15, 0.2) is 35.0 Å². The summed E-state index contributed by atoms with van der Waals surface area (Å²) in [6.07, 6.45) is 3.33. The molecule has 2 heterocycles. The first-order chi connectivity index (χ1) is 13.1. The van der Waals surface area contributed by atoms with E-state index in [1.165, 1.54) is 5.56 Å². The molecule has 0 radical (unpaired) electrons. The number of carbonyl (C=O) groups excluding carboxylic acids is 1. The second kappa shape index (κ2) is 6.96. The third-order valence-corrected chi connectivity index (χ3v) is 4.97. The molecule has 1 aromatic carbocycles. The number of hydrogen-bond donors (Lipinski definition) is 2. The normalized spacial score (nSPS) is 16.9. The number of aromatic nitrogens is 4. The topological polar surface area (TPSA) is 106 Å². The molecule has 0 saturated carbocycles. The predicted octanol–water partition coefficient (Wildman–Crippen LogP) is 1.98. The van der Waals surface area contributed by atoms with Gasteiger partial charge in [-0.25, -0.2) is 0 Å². The maximum atomic E-state index is 12.5. The van der Waals surface area contributed by atoms with E-state index in [4.69, 9.17) is 4.52 Å². The van der Waals surface area contributed by atoms with Gasteiger partial charge in [0.05, 0.1) is 18.6 Å². The van der Waals surface area contributed by atoms with E-state index < -0.39 is 0 Å². The minimum Gasteiger partial charge on any atom is -0.396 e.